The molecule has 1 aromatic carbocycles. The van der Waals surface area contributed by atoms with Gasteiger partial charge in [0.2, 0.25) is 10.0 Å². The number of amides is 1. The summed E-state index contributed by atoms with van der Waals surface area (Å²) in [5, 5.41) is 7.91. The maximum atomic E-state index is 12.2. The minimum Gasteiger partial charge on any atom is -0.357 e. The summed E-state index contributed by atoms with van der Waals surface area (Å²) in [6, 6.07) is 9.99. The van der Waals surface area contributed by atoms with Gasteiger partial charge in [0.05, 0.1) is 10.5 Å². The number of hydrogen-bond donors (Lipinski definition) is 2. The van der Waals surface area contributed by atoms with Gasteiger partial charge in [-0.15, -0.1) is 0 Å². The number of anilines is 1. The first-order chi connectivity index (χ1) is 12.4. The van der Waals surface area contributed by atoms with Crippen molar-refractivity contribution in [3.63, 3.8) is 0 Å². The Hall–Kier alpha value is -2.45. The molecule has 8 heteroatoms. The van der Waals surface area contributed by atoms with Crippen molar-refractivity contribution in [2.24, 2.45) is 5.14 Å². The normalized spacial score (nSPS) is 14.4. The van der Waals surface area contributed by atoms with E-state index in [4.69, 9.17) is 5.14 Å². The number of rotatable bonds is 6. The number of benzene rings is 1. The van der Waals surface area contributed by atoms with E-state index in [0.29, 0.717) is 18.5 Å². The van der Waals surface area contributed by atoms with Crippen LogP contribution in [0.4, 0.5) is 5.82 Å². The molecule has 1 fully saturated rings. The average molecular weight is 374 g/mol. The van der Waals surface area contributed by atoms with Crippen LogP contribution in [0.1, 0.15) is 28.8 Å². The molecule has 1 aliphatic rings. The van der Waals surface area contributed by atoms with Crippen LogP contribution in [0.25, 0.3) is 0 Å². The van der Waals surface area contributed by atoms with E-state index < -0.39 is 10.0 Å². The third-order valence-electron chi connectivity index (χ3n) is 4.39. The predicted molar refractivity (Wildman–Crippen MR) is 99.5 cm³/mol. The van der Waals surface area contributed by atoms with E-state index >= 15 is 0 Å². The minimum absolute atomic E-state index is 0.0782. The molecule has 2 heterocycles. The van der Waals surface area contributed by atoms with E-state index in [2.05, 4.69) is 15.2 Å². The van der Waals surface area contributed by atoms with Crippen LogP contribution in [0.5, 0.6) is 0 Å². The molecule has 1 aromatic heterocycles. The molecular formula is C18H22N4O3S. The Morgan fingerprint density at radius 1 is 1.12 bits per heavy atom. The van der Waals surface area contributed by atoms with Crippen molar-refractivity contribution < 1.29 is 13.2 Å². The molecule has 0 bridgehead atoms. The second-order valence-corrected chi connectivity index (χ2v) is 7.86. The van der Waals surface area contributed by atoms with Crippen LogP contribution in [0.2, 0.25) is 0 Å². The molecule has 26 heavy (non-hydrogen) atoms. The Labute approximate surface area is 153 Å². The van der Waals surface area contributed by atoms with Crippen LogP contribution >= 0.6 is 0 Å². The van der Waals surface area contributed by atoms with E-state index in [-0.39, 0.29) is 10.8 Å². The zero-order valence-electron chi connectivity index (χ0n) is 14.4. The van der Waals surface area contributed by atoms with E-state index in [1.165, 1.54) is 25.0 Å². The summed E-state index contributed by atoms with van der Waals surface area (Å²) in [6.45, 7) is 2.48. The number of carbonyl (C=O) groups is 1. The lowest BCUT2D eigenvalue weighted by Crippen LogP contribution is -2.26. The van der Waals surface area contributed by atoms with Crippen molar-refractivity contribution in [3.05, 3.63) is 53.7 Å². The van der Waals surface area contributed by atoms with Crippen LogP contribution in [0, 0.1) is 0 Å². The molecule has 0 unspecified atom stereocenters. The van der Waals surface area contributed by atoms with Gasteiger partial charge in [-0.2, -0.15) is 0 Å². The highest BCUT2D eigenvalue weighted by Crippen LogP contribution is 2.17. The fourth-order valence-corrected chi connectivity index (χ4v) is 3.44. The number of nitrogens with two attached hydrogens (primary N) is 1. The summed E-state index contributed by atoms with van der Waals surface area (Å²) in [4.78, 5) is 18.9. The van der Waals surface area contributed by atoms with Gasteiger partial charge in [0.25, 0.3) is 5.91 Å². The molecule has 0 saturated carbocycles. The number of nitrogens with one attached hydrogen (secondary N) is 1. The minimum atomic E-state index is -3.68. The number of sulfonamides is 1. The van der Waals surface area contributed by atoms with Crippen LogP contribution < -0.4 is 15.4 Å². The van der Waals surface area contributed by atoms with Gasteiger partial charge in [0.15, 0.2) is 0 Å². The molecule has 1 saturated heterocycles. The molecule has 3 N–H and O–H groups in total. The van der Waals surface area contributed by atoms with E-state index in [0.717, 1.165) is 24.5 Å². The SMILES string of the molecule is NS(=O)(=O)c1ccc(CCNC(=O)c2ccc(N3CCCC3)nc2)cc1. The molecule has 138 valence electrons. The molecule has 0 radical (unpaired) electrons. The Bertz CT molecular complexity index is 858. The van der Waals surface area contributed by atoms with Gasteiger partial charge >= 0.3 is 0 Å². The maximum absolute atomic E-state index is 12.2. The van der Waals surface area contributed by atoms with Gasteiger partial charge < -0.3 is 10.2 Å². The number of hydrogen-bond acceptors (Lipinski definition) is 5. The van der Waals surface area contributed by atoms with Crippen LogP contribution in [0.15, 0.2) is 47.5 Å². The quantitative estimate of drug-likeness (QED) is 0.793. The van der Waals surface area contributed by atoms with Gasteiger partial charge in [-0.1, -0.05) is 12.1 Å². The van der Waals surface area contributed by atoms with Gasteiger partial charge in [0.1, 0.15) is 5.82 Å². The second kappa shape index (κ2) is 7.84. The molecule has 0 aliphatic carbocycles. The first kappa shape index (κ1) is 18.3. The summed E-state index contributed by atoms with van der Waals surface area (Å²) in [7, 11) is -3.68. The van der Waals surface area contributed by atoms with Crippen molar-refractivity contribution in [1.29, 1.82) is 0 Å². The van der Waals surface area contributed by atoms with Crippen molar-refractivity contribution >= 4 is 21.7 Å². The summed E-state index contributed by atoms with van der Waals surface area (Å²) < 4.78 is 22.4. The highest BCUT2D eigenvalue weighted by atomic mass is 32.2. The molecule has 1 aliphatic heterocycles. The second-order valence-electron chi connectivity index (χ2n) is 6.29. The first-order valence-corrected chi connectivity index (χ1v) is 10.1. The third kappa shape index (κ3) is 4.59. The summed E-state index contributed by atoms with van der Waals surface area (Å²) in [5.41, 5.74) is 1.44. The highest BCUT2D eigenvalue weighted by molar-refractivity contribution is 7.89. The van der Waals surface area contributed by atoms with Crippen molar-refractivity contribution in [2.75, 3.05) is 24.5 Å². The number of aromatic nitrogens is 1. The Morgan fingerprint density at radius 2 is 1.81 bits per heavy atom. The van der Waals surface area contributed by atoms with Crippen LogP contribution in [-0.4, -0.2) is 38.9 Å². The van der Waals surface area contributed by atoms with Crippen molar-refractivity contribution in [2.45, 2.75) is 24.2 Å². The fraction of sp³-hybridized carbons (Fsp3) is 0.333. The predicted octanol–water partition coefficient (Wildman–Crippen LogP) is 1.30. The van der Waals surface area contributed by atoms with Gasteiger partial charge in [0, 0.05) is 25.8 Å². The van der Waals surface area contributed by atoms with Gasteiger partial charge in [-0.05, 0) is 49.1 Å². The number of nitrogens with zero attached hydrogens (tertiary/aromatic N) is 2. The summed E-state index contributed by atoms with van der Waals surface area (Å²) >= 11 is 0. The Balaban J connectivity index is 1.50. The van der Waals surface area contributed by atoms with Gasteiger partial charge in [-0.25, -0.2) is 18.5 Å². The lowest BCUT2D eigenvalue weighted by atomic mass is 10.1. The number of primary sulfonamides is 1. The van der Waals surface area contributed by atoms with E-state index in [1.54, 1.807) is 24.4 Å². The molecule has 0 spiro atoms. The maximum Gasteiger partial charge on any atom is 0.252 e. The Kier molecular flexibility index (Phi) is 5.53. The molecule has 0 atom stereocenters. The van der Waals surface area contributed by atoms with Crippen LogP contribution in [-0.2, 0) is 16.4 Å². The summed E-state index contributed by atoms with van der Waals surface area (Å²) in [5.74, 6) is 0.737. The molecule has 2 aromatic rings. The lowest BCUT2D eigenvalue weighted by Gasteiger charge is -2.16. The lowest BCUT2D eigenvalue weighted by molar-refractivity contribution is 0.0954. The molecular weight excluding hydrogens is 352 g/mol. The monoisotopic (exact) mass is 374 g/mol. The van der Waals surface area contributed by atoms with E-state index in [1.807, 2.05) is 6.07 Å². The smallest absolute Gasteiger partial charge is 0.252 e. The topological polar surface area (TPSA) is 105 Å². The number of pyridine rings is 1. The fourth-order valence-electron chi connectivity index (χ4n) is 2.92. The number of carbonyl (C=O) groups excluding carboxylic acids is 1. The third-order valence-corrected chi connectivity index (χ3v) is 5.32. The Morgan fingerprint density at radius 3 is 2.38 bits per heavy atom. The molecule has 1 amide bonds. The van der Waals surface area contributed by atoms with Crippen molar-refractivity contribution in [1.82, 2.24) is 10.3 Å². The largest absolute Gasteiger partial charge is 0.357 e. The highest BCUT2D eigenvalue weighted by Gasteiger charge is 2.14. The average Bonchev–Trinajstić information content (AvgIpc) is 3.16. The first-order valence-electron chi connectivity index (χ1n) is 8.54. The van der Waals surface area contributed by atoms with E-state index in [9.17, 15) is 13.2 Å². The van der Waals surface area contributed by atoms with Gasteiger partial charge in [-0.3, -0.25) is 4.79 Å². The van der Waals surface area contributed by atoms with Crippen molar-refractivity contribution in [3.8, 4) is 0 Å². The molecule has 7 nitrogen and oxygen atoms in total. The zero-order valence-corrected chi connectivity index (χ0v) is 15.2. The summed E-state index contributed by atoms with van der Waals surface area (Å²) in [6.07, 6.45) is 4.56. The zero-order chi connectivity index (χ0) is 18.6. The molecule has 3 rings (SSSR count). The standard InChI is InChI=1S/C18H22N4O3S/c19-26(24,25)16-6-3-14(4-7-16)9-10-20-18(23)15-5-8-17(21-13-15)22-11-1-2-12-22/h3-8,13H,1-2,9-12H2,(H,20,23)(H2,19,24,25). The van der Waals surface area contributed by atoms with Crippen LogP contribution in [0.3, 0.4) is 0 Å².